The van der Waals surface area contributed by atoms with Crippen molar-refractivity contribution in [3.05, 3.63) is 222 Å². The lowest BCUT2D eigenvalue weighted by molar-refractivity contribution is 0.473. The molecule has 0 bridgehead atoms. The first-order valence-corrected chi connectivity index (χ1v) is 18.3. The van der Waals surface area contributed by atoms with E-state index in [9.17, 15) is 0 Å². The van der Waals surface area contributed by atoms with Crippen LogP contribution in [0.25, 0.3) is 33.4 Å². The normalized spacial score (nSPS) is 16.8. The van der Waals surface area contributed by atoms with Crippen molar-refractivity contribution in [3.8, 4) is 33.4 Å². The van der Waals surface area contributed by atoms with E-state index in [0.29, 0.717) is 0 Å². The summed E-state index contributed by atoms with van der Waals surface area (Å²) in [7, 11) is 0. The third-order valence-corrected chi connectivity index (χ3v) is 10.9. The average molecular weight is 668 g/mol. The topological polar surface area (TPSA) is 3.24 Å². The highest BCUT2D eigenvalue weighted by Gasteiger charge is 2.48. The van der Waals surface area contributed by atoms with Gasteiger partial charge in [0.25, 0.3) is 0 Å². The zero-order valence-electron chi connectivity index (χ0n) is 29.7. The molecule has 52 heavy (non-hydrogen) atoms. The van der Waals surface area contributed by atoms with Crippen LogP contribution in [0.5, 0.6) is 0 Å². The summed E-state index contributed by atoms with van der Waals surface area (Å²) in [5.41, 5.74) is 15.6. The molecule has 0 amide bonds. The second-order valence-corrected chi connectivity index (χ2v) is 14.7. The Labute approximate surface area is 307 Å². The molecule has 0 radical (unpaired) electrons. The standard InChI is InChI=1S/C51H41N/c1-50(2)35-17-24-41(36-50)51(40-22-10-5-11-23-40)45-27-14-12-26-44(45)49-46(51)28-16-30-48(49)52(42-33-31-38(32-34-42)37-18-6-3-7-19-37)47-29-15-13-25-43(47)39-20-8-4-9-21-39/h3-34,36H,35H2,1-2H3. The Morgan fingerprint density at radius 1 is 0.462 bits per heavy atom. The smallest absolute Gasteiger partial charge is 0.0711 e. The molecule has 1 unspecified atom stereocenters. The molecule has 7 aromatic rings. The second-order valence-electron chi connectivity index (χ2n) is 14.7. The van der Waals surface area contributed by atoms with Crippen LogP contribution in [0.3, 0.4) is 0 Å². The monoisotopic (exact) mass is 667 g/mol. The molecule has 0 aliphatic heterocycles. The minimum Gasteiger partial charge on any atom is -0.309 e. The van der Waals surface area contributed by atoms with E-state index in [1.165, 1.54) is 61.3 Å². The molecule has 0 spiro atoms. The van der Waals surface area contributed by atoms with E-state index in [1.54, 1.807) is 0 Å². The first-order valence-electron chi connectivity index (χ1n) is 18.3. The molecule has 2 aliphatic carbocycles. The second kappa shape index (κ2) is 12.9. The zero-order chi connectivity index (χ0) is 35.1. The molecule has 0 fully saturated rings. The van der Waals surface area contributed by atoms with Gasteiger partial charge < -0.3 is 4.90 Å². The molecule has 9 rings (SSSR count). The van der Waals surface area contributed by atoms with Crippen molar-refractivity contribution in [1.29, 1.82) is 0 Å². The van der Waals surface area contributed by atoms with E-state index < -0.39 is 5.41 Å². The first kappa shape index (κ1) is 31.8. The molecule has 0 heterocycles. The number of hydrogen-bond donors (Lipinski definition) is 0. The van der Waals surface area contributed by atoms with Gasteiger partial charge in [0.15, 0.2) is 0 Å². The van der Waals surface area contributed by atoms with Crippen molar-refractivity contribution >= 4 is 17.1 Å². The first-order chi connectivity index (χ1) is 25.5. The van der Waals surface area contributed by atoms with Crippen LogP contribution in [0.4, 0.5) is 17.1 Å². The van der Waals surface area contributed by atoms with Gasteiger partial charge in [-0.25, -0.2) is 0 Å². The fourth-order valence-corrected chi connectivity index (χ4v) is 8.59. The molecule has 0 N–H and O–H groups in total. The van der Waals surface area contributed by atoms with Gasteiger partial charge in [-0.15, -0.1) is 0 Å². The van der Waals surface area contributed by atoms with Crippen LogP contribution < -0.4 is 4.90 Å². The average Bonchev–Trinajstić information content (AvgIpc) is 3.51. The van der Waals surface area contributed by atoms with E-state index in [-0.39, 0.29) is 5.41 Å². The Morgan fingerprint density at radius 3 is 1.73 bits per heavy atom. The van der Waals surface area contributed by atoms with Crippen molar-refractivity contribution < 1.29 is 0 Å². The van der Waals surface area contributed by atoms with Crippen molar-refractivity contribution in [2.24, 2.45) is 5.41 Å². The summed E-state index contributed by atoms with van der Waals surface area (Å²) < 4.78 is 0. The van der Waals surface area contributed by atoms with E-state index in [2.05, 4.69) is 219 Å². The lowest BCUT2D eigenvalue weighted by Gasteiger charge is -2.38. The van der Waals surface area contributed by atoms with Crippen LogP contribution in [0.2, 0.25) is 0 Å². The van der Waals surface area contributed by atoms with Crippen molar-refractivity contribution in [2.75, 3.05) is 4.90 Å². The summed E-state index contributed by atoms with van der Waals surface area (Å²) in [6.07, 6.45) is 8.32. The maximum Gasteiger partial charge on any atom is 0.0711 e. The van der Waals surface area contributed by atoms with E-state index in [4.69, 9.17) is 0 Å². The largest absolute Gasteiger partial charge is 0.309 e. The van der Waals surface area contributed by atoms with Gasteiger partial charge in [0.1, 0.15) is 0 Å². The number of allylic oxidation sites excluding steroid dienone is 4. The van der Waals surface area contributed by atoms with Gasteiger partial charge in [-0.2, -0.15) is 0 Å². The van der Waals surface area contributed by atoms with Crippen molar-refractivity contribution in [2.45, 2.75) is 25.7 Å². The Bertz CT molecular complexity index is 2440. The van der Waals surface area contributed by atoms with Crippen LogP contribution in [0.15, 0.2) is 206 Å². The predicted octanol–water partition coefficient (Wildman–Crippen LogP) is 13.7. The lowest BCUT2D eigenvalue weighted by atomic mass is 9.64. The summed E-state index contributed by atoms with van der Waals surface area (Å²) in [6, 6.07) is 66.5. The summed E-state index contributed by atoms with van der Waals surface area (Å²) in [5, 5.41) is 0. The molecular weight excluding hydrogens is 627 g/mol. The van der Waals surface area contributed by atoms with E-state index in [1.807, 2.05) is 0 Å². The number of hydrogen-bond acceptors (Lipinski definition) is 1. The Hall–Kier alpha value is -6.18. The van der Waals surface area contributed by atoms with Gasteiger partial charge in [0.05, 0.1) is 16.8 Å². The Morgan fingerprint density at radius 2 is 1.02 bits per heavy atom. The quantitative estimate of drug-likeness (QED) is 0.164. The third-order valence-electron chi connectivity index (χ3n) is 10.9. The number of fused-ring (bicyclic) bond motifs is 3. The van der Waals surface area contributed by atoms with Gasteiger partial charge in [-0.1, -0.05) is 190 Å². The summed E-state index contributed by atoms with van der Waals surface area (Å²) in [4.78, 5) is 2.49. The highest BCUT2D eigenvalue weighted by atomic mass is 15.1. The van der Waals surface area contributed by atoms with Crippen LogP contribution in [0, 0.1) is 5.41 Å². The van der Waals surface area contributed by atoms with Crippen LogP contribution >= 0.6 is 0 Å². The fourth-order valence-electron chi connectivity index (χ4n) is 8.59. The molecule has 2 aliphatic rings. The highest BCUT2D eigenvalue weighted by molar-refractivity contribution is 5.99. The van der Waals surface area contributed by atoms with E-state index in [0.717, 1.165) is 17.8 Å². The van der Waals surface area contributed by atoms with Crippen LogP contribution in [-0.4, -0.2) is 0 Å². The van der Waals surface area contributed by atoms with Gasteiger partial charge in [0.2, 0.25) is 0 Å². The SMILES string of the molecule is CC1(C)C=C(C2(c3ccccc3)c3ccccc3-c3c(N(c4ccc(-c5ccccc5)cc4)c4ccccc4-c4ccccc4)cccc32)C=CC1. The van der Waals surface area contributed by atoms with Crippen molar-refractivity contribution in [3.63, 3.8) is 0 Å². The van der Waals surface area contributed by atoms with Gasteiger partial charge in [0, 0.05) is 16.8 Å². The number of anilines is 3. The van der Waals surface area contributed by atoms with E-state index >= 15 is 0 Å². The molecule has 0 saturated carbocycles. The third kappa shape index (κ3) is 5.24. The number of nitrogens with zero attached hydrogens (tertiary/aromatic N) is 1. The van der Waals surface area contributed by atoms with Crippen LogP contribution in [-0.2, 0) is 5.41 Å². The number of rotatable bonds is 7. The summed E-state index contributed by atoms with van der Waals surface area (Å²) in [6.45, 7) is 4.71. The molecule has 1 nitrogen and oxygen atoms in total. The van der Waals surface area contributed by atoms with Gasteiger partial charge in [-0.3, -0.25) is 0 Å². The van der Waals surface area contributed by atoms with Crippen LogP contribution in [0.1, 0.15) is 37.0 Å². The number of benzene rings is 7. The van der Waals surface area contributed by atoms with Gasteiger partial charge >= 0.3 is 0 Å². The highest BCUT2D eigenvalue weighted by Crippen LogP contribution is 2.61. The van der Waals surface area contributed by atoms with Gasteiger partial charge in [-0.05, 0) is 80.6 Å². The minimum atomic E-state index is -0.473. The predicted molar refractivity (Wildman–Crippen MR) is 219 cm³/mol. The molecular formula is C51H41N. The maximum absolute atomic E-state index is 2.53. The molecule has 250 valence electrons. The Kier molecular flexibility index (Phi) is 7.86. The summed E-state index contributed by atoms with van der Waals surface area (Å²) in [5.74, 6) is 0. The lowest BCUT2D eigenvalue weighted by Crippen LogP contribution is -2.31. The van der Waals surface area contributed by atoms with Crippen molar-refractivity contribution in [1.82, 2.24) is 0 Å². The molecule has 7 aromatic carbocycles. The number of para-hydroxylation sites is 1. The molecule has 1 atom stereocenters. The zero-order valence-corrected chi connectivity index (χ0v) is 29.7. The minimum absolute atomic E-state index is 0.0440. The molecule has 0 aromatic heterocycles. The fraction of sp³-hybridized carbons (Fsp3) is 0.0980. The molecule has 0 saturated heterocycles. The molecule has 1 heteroatoms. The Balaban J connectivity index is 1.35. The maximum atomic E-state index is 2.53. The summed E-state index contributed by atoms with van der Waals surface area (Å²) >= 11 is 0.